The van der Waals surface area contributed by atoms with E-state index in [0.29, 0.717) is 11.6 Å². The van der Waals surface area contributed by atoms with Crippen LogP contribution in [0.3, 0.4) is 0 Å². The molecule has 2 aliphatic rings. The molecular formula is C17H32N2. The van der Waals surface area contributed by atoms with Gasteiger partial charge in [0, 0.05) is 11.6 Å². The van der Waals surface area contributed by atoms with Gasteiger partial charge in [0.2, 0.25) is 0 Å². The molecule has 0 aromatic heterocycles. The van der Waals surface area contributed by atoms with Crippen molar-refractivity contribution in [3.8, 4) is 0 Å². The van der Waals surface area contributed by atoms with Crippen LogP contribution in [0.1, 0.15) is 65.2 Å². The molecule has 1 aliphatic heterocycles. The highest BCUT2D eigenvalue weighted by atomic mass is 15.2. The fourth-order valence-corrected chi connectivity index (χ4v) is 4.26. The molecule has 1 saturated heterocycles. The van der Waals surface area contributed by atoms with Gasteiger partial charge in [-0.3, -0.25) is 4.90 Å². The van der Waals surface area contributed by atoms with Gasteiger partial charge < -0.3 is 5.32 Å². The Balaban J connectivity index is 2.16. The van der Waals surface area contributed by atoms with E-state index in [9.17, 15) is 0 Å². The van der Waals surface area contributed by atoms with Crippen LogP contribution in [0.2, 0.25) is 0 Å². The van der Waals surface area contributed by atoms with Crippen molar-refractivity contribution in [2.45, 2.75) is 76.8 Å². The maximum absolute atomic E-state index is 4.17. The van der Waals surface area contributed by atoms with Crippen molar-refractivity contribution in [1.29, 1.82) is 0 Å². The average Bonchev–Trinajstić information content (AvgIpc) is 2.89. The predicted octanol–water partition coefficient (Wildman–Crippen LogP) is 3.73. The van der Waals surface area contributed by atoms with E-state index in [1.807, 2.05) is 0 Å². The summed E-state index contributed by atoms with van der Waals surface area (Å²) in [6.45, 7) is 12.3. The molecule has 19 heavy (non-hydrogen) atoms. The molecule has 0 aromatic carbocycles. The number of hydrogen-bond acceptors (Lipinski definition) is 2. The van der Waals surface area contributed by atoms with Gasteiger partial charge in [-0.25, -0.2) is 0 Å². The van der Waals surface area contributed by atoms with E-state index < -0.39 is 0 Å². The summed E-state index contributed by atoms with van der Waals surface area (Å²) in [7, 11) is 0. The quantitative estimate of drug-likeness (QED) is 0.735. The number of hydrogen-bond donors (Lipinski definition) is 1. The molecule has 1 saturated carbocycles. The molecule has 0 spiro atoms. The van der Waals surface area contributed by atoms with Crippen LogP contribution in [0.5, 0.6) is 0 Å². The number of nitrogens with zero attached hydrogens (tertiary/aromatic N) is 1. The summed E-state index contributed by atoms with van der Waals surface area (Å²) < 4.78 is 0. The molecule has 1 heterocycles. The third-order valence-corrected chi connectivity index (χ3v) is 5.11. The molecule has 0 radical (unpaired) electrons. The third kappa shape index (κ3) is 3.41. The summed E-state index contributed by atoms with van der Waals surface area (Å²) in [6, 6.07) is 0.607. The Bertz CT molecular complexity index is 286. The molecule has 1 N–H and O–H groups in total. The van der Waals surface area contributed by atoms with Crippen LogP contribution >= 0.6 is 0 Å². The minimum atomic E-state index is 0.426. The summed E-state index contributed by atoms with van der Waals surface area (Å²) >= 11 is 0. The zero-order chi connectivity index (χ0) is 13.7. The maximum Gasteiger partial charge on any atom is 0.0365 e. The van der Waals surface area contributed by atoms with Gasteiger partial charge in [-0.15, -0.1) is 6.58 Å². The number of likely N-dealkylation sites (tertiary alicyclic amines) is 1. The van der Waals surface area contributed by atoms with E-state index >= 15 is 0 Å². The molecule has 1 atom stereocenters. The van der Waals surface area contributed by atoms with Crippen molar-refractivity contribution in [3.05, 3.63) is 12.2 Å². The second-order valence-corrected chi connectivity index (χ2v) is 6.63. The van der Waals surface area contributed by atoms with Crippen LogP contribution in [0.4, 0.5) is 0 Å². The number of nitrogens with one attached hydrogen (secondary N) is 1. The van der Waals surface area contributed by atoms with Gasteiger partial charge in [-0.1, -0.05) is 31.8 Å². The van der Waals surface area contributed by atoms with Gasteiger partial charge >= 0.3 is 0 Å². The lowest BCUT2D eigenvalue weighted by Crippen LogP contribution is -2.61. The zero-order valence-corrected chi connectivity index (χ0v) is 13.0. The lowest BCUT2D eigenvalue weighted by Gasteiger charge is -2.49. The van der Waals surface area contributed by atoms with Gasteiger partial charge in [0.15, 0.2) is 0 Å². The highest BCUT2D eigenvalue weighted by Crippen LogP contribution is 2.41. The van der Waals surface area contributed by atoms with Gasteiger partial charge in [0.1, 0.15) is 0 Å². The van der Waals surface area contributed by atoms with E-state index in [2.05, 4.69) is 30.6 Å². The Morgan fingerprint density at radius 2 is 1.79 bits per heavy atom. The van der Waals surface area contributed by atoms with Crippen molar-refractivity contribution in [1.82, 2.24) is 10.2 Å². The Hall–Kier alpha value is -0.340. The molecule has 1 unspecified atom stereocenters. The van der Waals surface area contributed by atoms with Crippen LogP contribution in [-0.2, 0) is 0 Å². The first kappa shape index (κ1) is 15.1. The van der Waals surface area contributed by atoms with E-state index in [-0.39, 0.29) is 0 Å². The highest BCUT2D eigenvalue weighted by molar-refractivity contribution is 5.08. The van der Waals surface area contributed by atoms with E-state index in [1.165, 1.54) is 63.6 Å². The fourth-order valence-electron chi connectivity index (χ4n) is 4.26. The van der Waals surface area contributed by atoms with Crippen LogP contribution < -0.4 is 5.32 Å². The van der Waals surface area contributed by atoms with Crippen molar-refractivity contribution in [3.63, 3.8) is 0 Å². The molecule has 0 aromatic rings. The van der Waals surface area contributed by atoms with E-state index in [1.54, 1.807) is 0 Å². The zero-order valence-electron chi connectivity index (χ0n) is 13.0. The van der Waals surface area contributed by atoms with Crippen LogP contribution in [0.25, 0.3) is 0 Å². The largest absolute Gasteiger partial charge is 0.312 e. The second-order valence-electron chi connectivity index (χ2n) is 6.63. The van der Waals surface area contributed by atoms with Crippen molar-refractivity contribution < 1.29 is 0 Å². The summed E-state index contributed by atoms with van der Waals surface area (Å²) in [5.74, 6) is 0. The molecule has 1 aliphatic carbocycles. The van der Waals surface area contributed by atoms with Crippen LogP contribution in [0, 0.1) is 0 Å². The molecule has 2 heteroatoms. The number of likely N-dealkylation sites (N-methyl/N-ethyl adjacent to an activating group) is 1. The first-order valence-electron chi connectivity index (χ1n) is 8.32. The Morgan fingerprint density at radius 1 is 1.16 bits per heavy atom. The Labute approximate surface area is 119 Å². The molecule has 0 amide bonds. The number of piperidine rings is 1. The lowest BCUT2D eigenvalue weighted by molar-refractivity contribution is 0.0371. The Kier molecular flexibility index (Phi) is 5.47. The summed E-state index contributed by atoms with van der Waals surface area (Å²) in [4.78, 5) is 2.83. The van der Waals surface area contributed by atoms with Gasteiger partial charge in [-0.2, -0.15) is 0 Å². The molecule has 2 rings (SSSR count). The molecule has 2 nitrogen and oxygen atoms in total. The first-order valence-corrected chi connectivity index (χ1v) is 8.32. The highest BCUT2D eigenvalue weighted by Gasteiger charge is 2.45. The van der Waals surface area contributed by atoms with Gasteiger partial charge in [0.05, 0.1) is 0 Å². The van der Waals surface area contributed by atoms with Crippen molar-refractivity contribution >= 4 is 0 Å². The molecule has 0 bridgehead atoms. The fraction of sp³-hybridized carbons (Fsp3) is 0.882. The lowest BCUT2D eigenvalue weighted by atomic mass is 9.81. The standard InChI is InChI=1S/C17H32N2/c1-4-18-16(14-15(2)3)17(10-6-7-11-17)19-12-8-5-9-13-19/h16,18H,2,4-14H2,1,3H3. The Morgan fingerprint density at radius 3 is 2.32 bits per heavy atom. The second kappa shape index (κ2) is 6.90. The normalized spacial score (nSPS) is 25.4. The SMILES string of the molecule is C=C(C)CC(NCC)C1(N2CCCCC2)CCCC1. The minimum Gasteiger partial charge on any atom is -0.312 e. The van der Waals surface area contributed by atoms with Crippen molar-refractivity contribution in [2.24, 2.45) is 0 Å². The first-order chi connectivity index (χ1) is 9.19. The molecule has 110 valence electrons. The topological polar surface area (TPSA) is 15.3 Å². The van der Waals surface area contributed by atoms with Gasteiger partial charge in [0.25, 0.3) is 0 Å². The van der Waals surface area contributed by atoms with E-state index in [4.69, 9.17) is 0 Å². The maximum atomic E-state index is 4.17. The predicted molar refractivity (Wildman–Crippen MR) is 83.5 cm³/mol. The third-order valence-electron chi connectivity index (χ3n) is 5.11. The number of rotatable bonds is 6. The van der Waals surface area contributed by atoms with Gasteiger partial charge in [-0.05, 0) is 58.7 Å². The van der Waals surface area contributed by atoms with Crippen LogP contribution in [0.15, 0.2) is 12.2 Å². The minimum absolute atomic E-state index is 0.426. The smallest absolute Gasteiger partial charge is 0.0365 e. The summed E-state index contributed by atoms with van der Waals surface area (Å²) in [5.41, 5.74) is 1.75. The summed E-state index contributed by atoms with van der Waals surface area (Å²) in [6.07, 6.45) is 11.0. The summed E-state index contributed by atoms with van der Waals surface area (Å²) in [5, 5.41) is 3.79. The monoisotopic (exact) mass is 264 g/mol. The molecule has 2 fully saturated rings. The molecular weight excluding hydrogens is 232 g/mol. The van der Waals surface area contributed by atoms with Crippen molar-refractivity contribution in [2.75, 3.05) is 19.6 Å². The average molecular weight is 264 g/mol. The van der Waals surface area contributed by atoms with E-state index in [0.717, 1.165) is 13.0 Å². The van der Waals surface area contributed by atoms with Crippen LogP contribution in [-0.4, -0.2) is 36.1 Å².